The third kappa shape index (κ3) is 4.05. The van der Waals surface area contributed by atoms with Gasteiger partial charge in [0.05, 0.1) is 6.20 Å². The van der Waals surface area contributed by atoms with Gasteiger partial charge in [-0.2, -0.15) is 0 Å². The Morgan fingerprint density at radius 1 is 1.35 bits per heavy atom. The quantitative estimate of drug-likeness (QED) is 0.869. The molecule has 20 heavy (non-hydrogen) atoms. The minimum absolute atomic E-state index is 0.0557. The standard InChI is InChI=1S/C14H23FN4O/c1-14(15,10-16)11-20-12-3-4-13(17-9-12)19-7-5-18(2)6-8-19/h3-4,9H,5-8,10-11,16H2,1-2H3. The van der Waals surface area contributed by atoms with Gasteiger partial charge in [0.25, 0.3) is 0 Å². The van der Waals surface area contributed by atoms with Gasteiger partial charge >= 0.3 is 0 Å². The molecule has 2 heterocycles. The molecule has 2 N–H and O–H groups in total. The molecule has 6 heteroatoms. The van der Waals surface area contributed by atoms with Gasteiger partial charge in [-0.3, -0.25) is 0 Å². The zero-order valence-corrected chi connectivity index (χ0v) is 12.2. The van der Waals surface area contributed by atoms with Crippen LogP contribution in [-0.4, -0.2) is 61.9 Å². The highest BCUT2D eigenvalue weighted by Gasteiger charge is 2.22. The topological polar surface area (TPSA) is 54.6 Å². The molecule has 2 rings (SSSR count). The summed E-state index contributed by atoms with van der Waals surface area (Å²) >= 11 is 0. The minimum Gasteiger partial charge on any atom is -0.489 e. The van der Waals surface area contributed by atoms with Crippen molar-refractivity contribution in [3.8, 4) is 5.75 Å². The Bertz CT molecular complexity index is 416. The minimum atomic E-state index is -1.50. The Morgan fingerprint density at radius 3 is 2.60 bits per heavy atom. The summed E-state index contributed by atoms with van der Waals surface area (Å²) in [5.41, 5.74) is 3.82. The fourth-order valence-electron chi connectivity index (χ4n) is 1.97. The molecule has 0 spiro atoms. The first-order chi connectivity index (χ1) is 9.50. The number of likely N-dealkylation sites (N-methyl/N-ethyl adjacent to an activating group) is 1. The zero-order chi connectivity index (χ0) is 14.6. The van der Waals surface area contributed by atoms with Gasteiger partial charge in [-0.25, -0.2) is 9.37 Å². The summed E-state index contributed by atoms with van der Waals surface area (Å²) in [7, 11) is 2.12. The van der Waals surface area contributed by atoms with Crippen molar-refractivity contribution < 1.29 is 9.13 Å². The number of ether oxygens (including phenoxy) is 1. The molecule has 1 aromatic heterocycles. The fourth-order valence-corrected chi connectivity index (χ4v) is 1.97. The van der Waals surface area contributed by atoms with E-state index in [-0.39, 0.29) is 13.2 Å². The van der Waals surface area contributed by atoms with Crippen molar-refractivity contribution in [1.29, 1.82) is 0 Å². The molecule has 0 radical (unpaired) electrons. The summed E-state index contributed by atoms with van der Waals surface area (Å²) in [4.78, 5) is 8.92. The average molecular weight is 282 g/mol. The third-order valence-corrected chi connectivity index (χ3v) is 3.51. The van der Waals surface area contributed by atoms with Crippen LogP contribution in [-0.2, 0) is 0 Å². The van der Waals surface area contributed by atoms with Crippen molar-refractivity contribution in [2.24, 2.45) is 5.73 Å². The number of hydrogen-bond donors (Lipinski definition) is 1. The SMILES string of the molecule is CN1CCN(c2ccc(OCC(C)(F)CN)cn2)CC1. The van der Waals surface area contributed by atoms with Crippen LogP contribution >= 0.6 is 0 Å². The first-order valence-electron chi connectivity index (χ1n) is 6.91. The van der Waals surface area contributed by atoms with E-state index in [9.17, 15) is 4.39 Å². The van der Waals surface area contributed by atoms with Gasteiger partial charge < -0.3 is 20.3 Å². The molecule has 112 valence electrons. The highest BCUT2D eigenvalue weighted by Crippen LogP contribution is 2.18. The van der Waals surface area contributed by atoms with Gasteiger partial charge in [0.2, 0.25) is 0 Å². The molecule has 0 amide bonds. The highest BCUT2D eigenvalue weighted by atomic mass is 19.1. The Kier molecular flexibility index (Phi) is 4.77. The van der Waals surface area contributed by atoms with Crippen LogP contribution in [0.15, 0.2) is 18.3 Å². The number of pyridine rings is 1. The lowest BCUT2D eigenvalue weighted by molar-refractivity contribution is 0.110. The number of rotatable bonds is 5. The molecule has 1 aliphatic rings. The normalized spacial score (nSPS) is 19.7. The van der Waals surface area contributed by atoms with E-state index in [0.29, 0.717) is 5.75 Å². The van der Waals surface area contributed by atoms with Gasteiger partial charge in [-0.15, -0.1) is 0 Å². The van der Waals surface area contributed by atoms with Crippen molar-refractivity contribution >= 4 is 5.82 Å². The molecular weight excluding hydrogens is 259 g/mol. The van der Waals surface area contributed by atoms with Crippen LogP contribution in [0.3, 0.4) is 0 Å². The van der Waals surface area contributed by atoms with Crippen molar-refractivity contribution in [3.63, 3.8) is 0 Å². The first kappa shape index (κ1) is 15.0. The second kappa shape index (κ2) is 6.37. The van der Waals surface area contributed by atoms with Crippen LogP contribution in [0.5, 0.6) is 5.75 Å². The molecule has 0 aromatic carbocycles. The number of nitrogens with zero attached hydrogens (tertiary/aromatic N) is 3. The van der Waals surface area contributed by atoms with E-state index in [1.165, 1.54) is 6.92 Å². The third-order valence-electron chi connectivity index (χ3n) is 3.51. The van der Waals surface area contributed by atoms with Crippen molar-refractivity contribution in [3.05, 3.63) is 18.3 Å². The van der Waals surface area contributed by atoms with E-state index in [4.69, 9.17) is 10.5 Å². The van der Waals surface area contributed by atoms with Crippen molar-refractivity contribution in [1.82, 2.24) is 9.88 Å². The van der Waals surface area contributed by atoms with Gasteiger partial charge in [0, 0.05) is 32.7 Å². The Hall–Kier alpha value is -1.40. The lowest BCUT2D eigenvalue weighted by Crippen LogP contribution is -2.44. The van der Waals surface area contributed by atoms with E-state index >= 15 is 0 Å². The van der Waals surface area contributed by atoms with Crippen molar-refractivity contribution in [2.75, 3.05) is 51.3 Å². The zero-order valence-electron chi connectivity index (χ0n) is 12.2. The van der Waals surface area contributed by atoms with Crippen LogP contribution in [0.25, 0.3) is 0 Å². The number of nitrogens with two attached hydrogens (primary N) is 1. The molecule has 1 aromatic rings. The maximum atomic E-state index is 13.6. The molecule has 1 unspecified atom stereocenters. The van der Waals surface area contributed by atoms with E-state index in [0.717, 1.165) is 32.0 Å². The molecule has 1 atom stereocenters. The number of halogens is 1. The smallest absolute Gasteiger partial charge is 0.154 e. The van der Waals surface area contributed by atoms with Crippen molar-refractivity contribution in [2.45, 2.75) is 12.6 Å². The number of alkyl halides is 1. The van der Waals surface area contributed by atoms with Gasteiger partial charge in [0.15, 0.2) is 5.67 Å². The molecule has 0 bridgehead atoms. The summed E-state index contributed by atoms with van der Waals surface area (Å²) < 4.78 is 19.0. The summed E-state index contributed by atoms with van der Waals surface area (Å²) in [5.74, 6) is 1.51. The van der Waals surface area contributed by atoms with E-state index in [1.54, 1.807) is 6.20 Å². The van der Waals surface area contributed by atoms with Gasteiger partial charge in [-0.1, -0.05) is 0 Å². The molecule has 5 nitrogen and oxygen atoms in total. The van der Waals surface area contributed by atoms with Crippen LogP contribution in [0.1, 0.15) is 6.92 Å². The van der Waals surface area contributed by atoms with Crippen LogP contribution in [0.4, 0.5) is 10.2 Å². The summed E-state index contributed by atoms with van der Waals surface area (Å²) in [5, 5.41) is 0. The fraction of sp³-hybridized carbons (Fsp3) is 0.643. The summed E-state index contributed by atoms with van der Waals surface area (Å²) in [6.07, 6.45) is 1.64. The monoisotopic (exact) mass is 282 g/mol. The van der Waals surface area contributed by atoms with E-state index in [2.05, 4.69) is 21.8 Å². The number of anilines is 1. The lowest BCUT2D eigenvalue weighted by atomic mass is 10.1. The highest BCUT2D eigenvalue weighted by molar-refractivity contribution is 5.41. The Balaban J connectivity index is 1.90. The molecule has 0 saturated carbocycles. The lowest BCUT2D eigenvalue weighted by Gasteiger charge is -2.33. The van der Waals surface area contributed by atoms with Crippen LogP contribution in [0.2, 0.25) is 0 Å². The van der Waals surface area contributed by atoms with Gasteiger partial charge in [0.1, 0.15) is 18.2 Å². The number of hydrogen-bond acceptors (Lipinski definition) is 5. The van der Waals surface area contributed by atoms with Crippen LogP contribution in [0, 0.1) is 0 Å². The van der Waals surface area contributed by atoms with E-state index < -0.39 is 5.67 Å². The molecule has 1 saturated heterocycles. The maximum Gasteiger partial charge on any atom is 0.154 e. The molecule has 1 fully saturated rings. The van der Waals surface area contributed by atoms with E-state index in [1.807, 2.05) is 12.1 Å². The molecular formula is C14H23FN4O. The number of aromatic nitrogens is 1. The second-order valence-corrected chi connectivity index (χ2v) is 5.55. The Labute approximate surface area is 119 Å². The first-order valence-corrected chi connectivity index (χ1v) is 6.91. The predicted octanol–water partition coefficient (Wildman–Crippen LogP) is 0.899. The van der Waals surface area contributed by atoms with Gasteiger partial charge in [-0.05, 0) is 26.1 Å². The average Bonchev–Trinajstić information content (AvgIpc) is 2.47. The Morgan fingerprint density at radius 2 is 2.05 bits per heavy atom. The predicted molar refractivity (Wildman–Crippen MR) is 78.0 cm³/mol. The van der Waals surface area contributed by atoms with Crippen LogP contribution < -0.4 is 15.4 Å². The molecule has 0 aliphatic carbocycles. The second-order valence-electron chi connectivity index (χ2n) is 5.55. The molecule has 1 aliphatic heterocycles. The maximum absolute atomic E-state index is 13.6. The summed E-state index contributed by atoms with van der Waals surface area (Å²) in [6.45, 7) is 5.34. The largest absolute Gasteiger partial charge is 0.489 e. The summed E-state index contributed by atoms with van der Waals surface area (Å²) in [6, 6.07) is 3.74. The number of piperazine rings is 1.